The summed E-state index contributed by atoms with van der Waals surface area (Å²) in [5.41, 5.74) is 0. The molecule has 0 bridgehead atoms. The molecule has 1 rings (SSSR count). The molecule has 0 aromatic carbocycles. The average molecular weight is 210 g/mol. The fraction of sp³-hybridized carbons (Fsp3) is 1.00. The number of rotatable bonds is 2. The predicted octanol–water partition coefficient (Wildman–Crippen LogP) is 5.42. The molecule has 0 spiro atoms. The zero-order valence-corrected chi connectivity index (χ0v) is 11.1. The third kappa shape index (κ3) is 4.57. The third-order valence-corrected chi connectivity index (χ3v) is 4.62. The van der Waals surface area contributed by atoms with E-state index in [9.17, 15) is 0 Å². The maximum Gasteiger partial charge on any atom is -0.0391 e. The van der Waals surface area contributed by atoms with E-state index in [2.05, 4.69) is 20.8 Å². The monoisotopic (exact) mass is 210 g/mol. The minimum Gasteiger partial charge on any atom is -0.0651 e. The Morgan fingerprint density at radius 1 is 0.800 bits per heavy atom. The summed E-state index contributed by atoms with van der Waals surface area (Å²) in [6.07, 6.45) is 13.2. The van der Waals surface area contributed by atoms with Gasteiger partial charge in [-0.1, -0.05) is 72.1 Å². The van der Waals surface area contributed by atoms with Gasteiger partial charge in [0.05, 0.1) is 0 Å². The smallest absolute Gasteiger partial charge is 0.0391 e. The molecule has 1 fully saturated rings. The van der Waals surface area contributed by atoms with Gasteiger partial charge in [-0.3, -0.25) is 0 Å². The molecule has 0 aromatic heterocycles. The van der Waals surface area contributed by atoms with E-state index in [4.69, 9.17) is 0 Å². The normalized spacial score (nSPS) is 35.0. The highest BCUT2D eigenvalue weighted by molar-refractivity contribution is 4.70. The number of hydrogen-bond acceptors (Lipinski definition) is 0. The summed E-state index contributed by atoms with van der Waals surface area (Å²) in [7, 11) is 0. The van der Waals surface area contributed by atoms with Crippen molar-refractivity contribution in [3.05, 3.63) is 0 Å². The van der Waals surface area contributed by atoms with Gasteiger partial charge >= 0.3 is 0 Å². The van der Waals surface area contributed by atoms with Gasteiger partial charge in [-0.15, -0.1) is 0 Å². The molecule has 0 radical (unpaired) electrons. The maximum atomic E-state index is 2.48. The van der Waals surface area contributed by atoms with E-state index in [1.807, 2.05) is 0 Å². The van der Waals surface area contributed by atoms with Gasteiger partial charge in [-0.05, 0) is 24.2 Å². The first-order chi connectivity index (χ1) is 7.27. The van der Waals surface area contributed by atoms with Gasteiger partial charge in [-0.2, -0.15) is 0 Å². The van der Waals surface area contributed by atoms with Gasteiger partial charge in [0.1, 0.15) is 0 Å². The quantitative estimate of drug-likeness (QED) is 0.571. The first kappa shape index (κ1) is 13.1. The molecule has 3 unspecified atom stereocenters. The fourth-order valence-electron chi connectivity index (χ4n) is 3.21. The highest BCUT2D eigenvalue weighted by Crippen LogP contribution is 2.31. The molecule has 0 aliphatic heterocycles. The van der Waals surface area contributed by atoms with E-state index in [1.54, 1.807) is 0 Å². The summed E-state index contributed by atoms with van der Waals surface area (Å²) in [5.74, 6) is 3.02. The predicted molar refractivity (Wildman–Crippen MR) is 69.0 cm³/mol. The Balaban J connectivity index is 2.44. The maximum absolute atomic E-state index is 2.48. The summed E-state index contributed by atoms with van der Waals surface area (Å²) in [6.45, 7) is 7.24. The van der Waals surface area contributed by atoms with Crippen LogP contribution in [0.2, 0.25) is 0 Å². The van der Waals surface area contributed by atoms with Crippen LogP contribution in [0.5, 0.6) is 0 Å². The Labute approximate surface area is 96.8 Å². The minimum atomic E-state index is 0.977. The van der Waals surface area contributed by atoms with Crippen LogP contribution >= 0.6 is 0 Å². The molecule has 90 valence electrons. The molecule has 0 heteroatoms. The molecule has 0 heterocycles. The van der Waals surface area contributed by atoms with Gasteiger partial charge in [0, 0.05) is 0 Å². The molecule has 1 aliphatic rings. The molecule has 3 atom stereocenters. The topological polar surface area (TPSA) is 0 Å². The largest absolute Gasteiger partial charge is 0.0651 e. The van der Waals surface area contributed by atoms with Crippen molar-refractivity contribution in [3.63, 3.8) is 0 Å². The van der Waals surface area contributed by atoms with Crippen molar-refractivity contribution < 1.29 is 0 Å². The first-order valence-corrected chi connectivity index (χ1v) is 7.27. The average Bonchev–Trinajstić information content (AvgIpc) is 2.26. The van der Waals surface area contributed by atoms with Crippen LogP contribution in [-0.2, 0) is 0 Å². The molecule has 0 nitrogen and oxygen atoms in total. The summed E-state index contributed by atoms with van der Waals surface area (Å²) >= 11 is 0. The standard InChI is InChI=1S/C15H30/c1-4-14-10-8-6-7-9-13(3)15(5-2)12-11-14/h13-15H,4-12H2,1-3H3. The van der Waals surface area contributed by atoms with Crippen molar-refractivity contribution in [1.29, 1.82) is 0 Å². The van der Waals surface area contributed by atoms with Gasteiger partial charge in [0.15, 0.2) is 0 Å². The van der Waals surface area contributed by atoms with E-state index in [1.165, 1.54) is 57.8 Å². The Bertz CT molecular complexity index is 150. The van der Waals surface area contributed by atoms with Crippen LogP contribution in [0.25, 0.3) is 0 Å². The Morgan fingerprint density at radius 2 is 1.53 bits per heavy atom. The Hall–Kier alpha value is 0. The van der Waals surface area contributed by atoms with Crippen molar-refractivity contribution in [2.45, 2.75) is 78.6 Å². The van der Waals surface area contributed by atoms with Crippen LogP contribution in [0.1, 0.15) is 78.6 Å². The highest BCUT2D eigenvalue weighted by Gasteiger charge is 2.18. The van der Waals surface area contributed by atoms with Crippen molar-refractivity contribution in [2.24, 2.45) is 17.8 Å². The van der Waals surface area contributed by atoms with Gasteiger partial charge in [0.2, 0.25) is 0 Å². The molecular formula is C15H30. The van der Waals surface area contributed by atoms with E-state index in [0.29, 0.717) is 0 Å². The molecule has 15 heavy (non-hydrogen) atoms. The van der Waals surface area contributed by atoms with E-state index in [0.717, 1.165) is 17.8 Å². The lowest BCUT2D eigenvalue weighted by molar-refractivity contribution is 0.254. The number of hydrogen-bond donors (Lipinski definition) is 0. The molecule has 1 aliphatic carbocycles. The Morgan fingerprint density at radius 3 is 2.20 bits per heavy atom. The Kier molecular flexibility index (Phi) is 6.36. The zero-order chi connectivity index (χ0) is 11.1. The van der Waals surface area contributed by atoms with E-state index < -0.39 is 0 Å². The van der Waals surface area contributed by atoms with Crippen LogP contribution in [0.3, 0.4) is 0 Å². The third-order valence-electron chi connectivity index (χ3n) is 4.62. The van der Waals surface area contributed by atoms with Crippen molar-refractivity contribution in [1.82, 2.24) is 0 Å². The summed E-state index contributed by atoms with van der Waals surface area (Å²) in [5, 5.41) is 0. The first-order valence-electron chi connectivity index (χ1n) is 7.27. The van der Waals surface area contributed by atoms with Crippen LogP contribution in [0, 0.1) is 17.8 Å². The van der Waals surface area contributed by atoms with Crippen LogP contribution < -0.4 is 0 Å². The minimum absolute atomic E-state index is 0.977. The van der Waals surface area contributed by atoms with Crippen LogP contribution in [0.15, 0.2) is 0 Å². The van der Waals surface area contributed by atoms with Crippen LogP contribution in [-0.4, -0.2) is 0 Å². The zero-order valence-electron chi connectivity index (χ0n) is 11.1. The van der Waals surface area contributed by atoms with Gasteiger partial charge in [-0.25, -0.2) is 0 Å². The molecule has 0 saturated heterocycles. The second-order valence-corrected chi connectivity index (χ2v) is 5.64. The molecular weight excluding hydrogens is 180 g/mol. The lowest BCUT2D eigenvalue weighted by Gasteiger charge is -2.26. The lowest BCUT2D eigenvalue weighted by Crippen LogP contribution is -2.14. The van der Waals surface area contributed by atoms with Crippen molar-refractivity contribution in [3.8, 4) is 0 Å². The summed E-state index contributed by atoms with van der Waals surface area (Å²) in [6, 6.07) is 0. The summed E-state index contributed by atoms with van der Waals surface area (Å²) in [4.78, 5) is 0. The second kappa shape index (κ2) is 7.30. The molecule has 0 aromatic rings. The van der Waals surface area contributed by atoms with Gasteiger partial charge in [0.25, 0.3) is 0 Å². The van der Waals surface area contributed by atoms with Crippen molar-refractivity contribution in [2.75, 3.05) is 0 Å². The molecule has 0 amide bonds. The summed E-state index contributed by atoms with van der Waals surface area (Å²) < 4.78 is 0. The fourth-order valence-corrected chi connectivity index (χ4v) is 3.21. The molecule has 1 saturated carbocycles. The van der Waals surface area contributed by atoms with Gasteiger partial charge < -0.3 is 0 Å². The van der Waals surface area contributed by atoms with E-state index in [-0.39, 0.29) is 0 Å². The van der Waals surface area contributed by atoms with Crippen molar-refractivity contribution >= 4 is 0 Å². The lowest BCUT2D eigenvalue weighted by atomic mass is 9.79. The second-order valence-electron chi connectivity index (χ2n) is 5.64. The van der Waals surface area contributed by atoms with E-state index >= 15 is 0 Å². The van der Waals surface area contributed by atoms with Crippen LogP contribution in [0.4, 0.5) is 0 Å². The molecule has 0 N–H and O–H groups in total. The SMILES string of the molecule is CCC1CCCCCC(C)C(CC)CC1. The highest BCUT2D eigenvalue weighted by atomic mass is 14.2.